The number of hydrogen-bond donors (Lipinski definition) is 2. The quantitative estimate of drug-likeness (QED) is 0.663. The molecule has 0 unspecified atom stereocenters. The Morgan fingerprint density at radius 3 is 2.42 bits per heavy atom. The number of benzene rings is 1. The Kier molecular flexibility index (Phi) is 3.57. The topological polar surface area (TPSA) is 43.7 Å². The molecule has 1 rings (SSSR count). The fourth-order valence-corrected chi connectivity index (χ4v) is 0.950. The van der Waals surface area contributed by atoms with Crippen molar-refractivity contribution in [2.75, 3.05) is 18.2 Å². The first-order chi connectivity index (χ1) is 5.84. The zero-order valence-electron chi connectivity index (χ0n) is 6.85. The maximum atomic E-state index is 9.37. The van der Waals surface area contributed by atoms with Gasteiger partial charge in [-0.25, -0.2) is 0 Å². The summed E-state index contributed by atoms with van der Waals surface area (Å²) in [5.41, 5.74) is 0.756. The van der Waals surface area contributed by atoms with E-state index in [-0.39, 0.29) is 6.61 Å². The van der Waals surface area contributed by atoms with Gasteiger partial charge in [-0.3, -0.25) is 10.3 Å². The normalized spacial score (nSPS) is 9.83. The van der Waals surface area contributed by atoms with Crippen molar-refractivity contribution < 1.29 is 10.3 Å². The Balaban J connectivity index is 2.48. The largest absolute Gasteiger partial charge is 0.396 e. The zero-order valence-corrected chi connectivity index (χ0v) is 6.85. The summed E-state index contributed by atoms with van der Waals surface area (Å²) in [6.07, 6.45) is 0.575. The molecule has 0 heterocycles. The van der Waals surface area contributed by atoms with Crippen LogP contribution < -0.4 is 5.06 Å². The molecule has 0 aliphatic carbocycles. The summed E-state index contributed by atoms with van der Waals surface area (Å²) < 4.78 is 0. The fourth-order valence-electron chi connectivity index (χ4n) is 0.950. The van der Waals surface area contributed by atoms with E-state index < -0.39 is 0 Å². The Morgan fingerprint density at radius 1 is 1.17 bits per heavy atom. The Labute approximate surface area is 71.8 Å². The third-order valence-corrected chi connectivity index (χ3v) is 1.58. The lowest BCUT2D eigenvalue weighted by atomic mass is 10.3. The van der Waals surface area contributed by atoms with Gasteiger partial charge in [0, 0.05) is 13.2 Å². The van der Waals surface area contributed by atoms with E-state index in [1.165, 1.54) is 0 Å². The number of aliphatic hydroxyl groups is 1. The van der Waals surface area contributed by atoms with Gasteiger partial charge in [-0.2, -0.15) is 0 Å². The Hall–Kier alpha value is -1.06. The standard InChI is InChI=1S/C9H13NO2/c11-8-4-7-10(12)9-5-2-1-3-6-9/h1-3,5-6,11-12H,4,7-8H2. The number of anilines is 1. The second kappa shape index (κ2) is 4.74. The van der Waals surface area contributed by atoms with E-state index >= 15 is 0 Å². The smallest absolute Gasteiger partial charge is 0.0634 e. The molecular formula is C9H13NO2. The summed E-state index contributed by atoms with van der Waals surface area (Å²) in [6, 6.07) is 9.24. The van der Waals surface area contributed by atoms with Gasteiger partial charge < -0.3 is 5.11 Å². The van der Waals surface area contributed by atoms with Crippen LogP contribution in [0.1, 0.15) is 6.42 Å². The highest BCUT2D eigenvalue weighted by Crippen LogP contribution is 2.10. The highest BCUT2D eigenvalue weighted by Gasteiger charge is 1.99. The number of rotatable bonds is 4. The van der Waals surface area contributed by atoms with Gasteiger partial charge in [0.2, 0.25) is 0 Å². The van der Waals surface area contributed by atoms with E-state index in [4.69, 9.17) is 5.11 Å². The summed E-state index contributed by atoms with van der Waals surface area (Å²) in [4.78, 5) is 0. The van der Waals surface area contributed by atoms with E-state index in [0.717, 1.165) is 10.8 Å². The summed E-state index contributed by atoms with van der Waals surface area (Å²) >= 11 is 0. The van der Waals surface area contributed by atoms with Gasteiger partial charge in [-0.05, 0) is 18.6 Å². The molecule has 3 nitrogen and oxygen atoms in total. The van der Waals surface area contributed by atoms with Crippen LogP contribution in [0.3, 0.4) is 0 Å². The highest BCUT2D eigenvalue weighted by molar-refractivity contribution is 5.42. The van der Waals surface area contributed by atoms with Crippen LogP contribution in [-0.2, 0) is 0 Å². The summed E-state index contributed by atoms with van der Waals surface area (Å²) in [7, 11) is 0. The maximum absolute atomic E-state index is 9.37. The van der Waals surface area contributed by atoms with Crippen LogP contribution >= 0.6 is 0 Å². The first kappa shape index (κ1) is 9.03. The zero-order chi connectivity index (χ0) is 8.81. The first-order valence-corrected chi connectivity index (χ1v) is 3.97. The fraction of sp³-hybridized carbons (Fsp3) is 0.333. The van der Waals surface area contributed by atoms with Crippen LogP contribution in [0.5, 0.6) is 0 Å². The van der Waals surface area contributed by atoms with Crippen LogP contribution in [-0.4, -0.2) is 23.5 Å². The lowest BCUT2D eigenvalue weighted by molar-refractivity contribution is 0.228. The predicted octanol–water partition coefficient (Wildman–Crippen LogP) is 1.26. The predicted molar refractivity (Wildman–Crippen MR) is 47.3 cm³/mol. The molecule has 0 aliphatic heterocycles. The van der Waals surface area contributed by atoms with Crippen molar-refractivity contribution in [3.8, 4) is 0 Å². The van der Waals surface area contributed by atoms with Crippen LogP contribution in [0.2, 0.25) is 0 Å². The number of hydrogen-bond acceptors (Lipinski definition) is 3. The molecule has 0 bridgehead atoms. The van der Waals surface area contributed by atoms with Crippen molar-refractivity contribution in [3.05, 3.63) is 30.3 Å². The van der Waals surface area contributed by atoms with Gasteiger partial charge in [0.05, 0.1) is 5.69 Å². The molecule has 1 aromatic rings. The third-order valence-electron chi connectivity index (χ3n) is 1.58. The van der Waals surface area contributed by atoms with E-state index in [9.17, 15) is 5.21 Å². The molecule has 66 valence electrons. The van der Waals surface area contributed by atoms with E-state index in [2.05, 4.69) is 0 Å². The number of nitrogens with zero attached hydrogens (tertiary/aromatic N) is 1. The van der Waals surface area contributed by atoms with Crippen molar-refractivity contribution in [3.63, 3.8) is 0 Å². The molecule has 0 aliphatic rings. The van der Waals surface area contributed by atoms with Crippen LogP contribution in [0.4, 0.5) is 5.69 Å². The molecule has 0 fully saturated rings. The lowest BCUT2D eigenvalue weighted by Crippen LogP contribution is -2.19. The van der Waals surface area contributed by atoms with Gasteiger partial charge in [0.15, 0.2) is 0 Å². The molecule has 0 saturated heterocycles. The van der Waals surface area contributed by atoms with Crippen molar-refractivity contribution in [2.45, 2.75) is 6.42 Å². The average Bonchev–Trinajstić information content (AvgIpc) is 2.15. The minimum Gasteiger partial charge on any atom is -0.396 e. The van der Waals surface area contributed by atoms with Gasteiger partial charge in [0.1, 0.15) is 0 Å². The highest BCUT2D eigenvalue weighted by atomic mass is 16.5. The van der Waals surface area contributed by atoms with Crippen molar-refractivity contribution in [1.29, 1.82) is 0 Å². The van der Waals surface area contributed by atoms with Crippen LogP contribution in [0.15, 0.2) is 30.3 Å². The second-order valence-electron chi connectivity index (χ2n) is 2.54. The van der Waals surface area contributed by atoms with Crippen molar-refractivity contribution >= 4 is 5.69 Å². The third kappa shape index (κ3) is 2.53. The molecule has 0 amide bonds. The number of hydroxylamine groups is 1. The summed E-state index contributed by atoms with van der Waals surface area (Å²) in [5.74, 6) is 0. The van der Waals surface area contributed by atoms with Gasteiger partial charge in [0.25, 0.3) is 0 Å². The minimum atomic E-state index is 0.101. The van der Waals surface area contributed by atoms with Gasteiger partial charge in [-0.15, -0.1) is 0 Å². The molecular weight excluding hydrogens is 154 g/mol. The van der Waals surface area contributed by atoms with Gasteiger partial charge in [-0.1, -0.05) is 18.2 Å². The molecule has 2 N–H and O–H groups in total. The van der Waals surface area contributed by atoms with Gasteiger partial charge >= 0.3 is 0 Å². The molecule has 0 aromatic heterocycles. The molecule has 0 radical (unpaired) electrons. The minimum absolute atomic E-state index is 0.101. The number of para-hydroxylation sites is 1. The van der Waals surface area contributed by atoms with E-state index in [1.807, 2.05) is 30.3 Å². The monoisotopic (exact) mass is 167 g/mol. The maximum Gasteiger partial charge on any atom is 0.0634 e. The van der Waals surface area contributed by atoms with Crippen molar-refractivity contribution in [1.82, 2.24) is 0 Å². The van der Waals surface area contributed by atoms with Crippen LogP contribution in [0.25, 0.3) is 0 Å². The SMILES string of the molecule is OCCCN(O)c1ccccc1. The number of aliphatic hydroxyl groups excluding tert-OH is 1. The first-order valence-electron chi connectivity index (χ1n) is 3.97. The lowest BCUT2D eigenvalue weighted by Gasteiger charge is -2.15. The molecule has 3 heteroatoms. The second-order valence-corrected chi connectivity index (χ2v) is 2.54. The van der Waals surface area contributed by atoms with E-state index in [1.54, 1.807) is 0 Å². The van der Waals surface area contributed by atoms with Crippen molar-refractivity contribution in [2.24, 2.45) is 0 Å². The Bertz CT molecular complexity index is 213. The molecule has 1 aromatic carbocycles. The molecule has 12 heavy (non-hydrogen) atoms. The Morgan fingerprint density at radius 2 is 1.83 bits per heavy atom. The molecule has 0 spiro atoms. The summed E-state index contributed by atoms with van der Waals surface area (Å²) in [6.45, 7) is 0.560. The molecule has 0 saturated carbocycles. The van der Waals surface area contributed by atoms with Crippen LogP contribution in [0, 0.1) is 0 Å². The van der Waals surface area contributed by atoms with E-state index in [0.29, 0.717) is 13.0 Å². The summed E-state index contributed by atoms with van der Waals surface area (Å²) in [5, 5.41) is 19.0. The average molecular weight is 167 g/mol. The molecule has 0 atom stereocenters.